The molecule has 0 aliphatic carbocycles. The van der Waals surface area contributed by atoms with Crippen molar-refractivity contribution in [3.63, 3.8) is 0 Å². The van der Waals surface area contributed by atoms with Crippen LogP contribution in [-0.4, -0.2) is 26.2 Å². The van der Waals surface area contributed by atoms with Crippen molar-refractivity contribution < 1.29 is 4.92 Å². The van der Waals surface area contributed by atoms with Crippen molar-refractivity contribution in [1.82, 2.24) is 15.0 Å². The second-order valence-corrected chi connectivity index (χ2v) is 6.88. The Bertz CT molecular complexity index is 1270. The number of nitrogens with two attached hydrogens (primary N) is 1. The second-order valence-electron chi connectivity index (χ2n) is 6.88. The minimum Gasteiger partial charge on any atom is -0.390 e. The molecule has 4 rings (SSSR count). The molecule has 9 heteroatoms. The first-order valence-electron chi connectivity index (χ1n) is 9.51. The van der Waals surface area contributed by atoms with Gasteiger partial charge in [0.2, 0.25) is 0 Å². The summed E-state index contributed by atoms with van der Waals surface area (Å²) in [7, 11) is 0. The van der Waals surface area contributed by atoms with Gasteiger partial charge >= 0.3 is 0 Å². The summed E-state index contributed by atoms with van der Waals surface area (Å²) in [5.41, 5.74) is 8.97. The number of aromatic nitrogens is 3. The third kappa shape index (κ3) is 4.30. The molecular weight excluding hydrogens is 394 g/mol. The Hall–Kier alpha value is -4.40. The lowest BCUT2D eigenvalue weighted by molar-refractivity contribution is -0.384. The van der Waals surface area contributed by atoms with Crippen LogP contribution in [0.25, 0.3) is 10.9 Å². The highest BCUT2D eigenvalue weighted by Crippen LogP contribution is 2.29. The van der Waals surface area contributed by atoms with Crippen LogP contribution in [0.15, 0.2) is 72.1 Å². The molecule has 0 saturated carbocycles. The number of benzene rings is 2. The summed E-state index contributed by atoms with van der Waals surface area (Å²) in [6, 6.07) is 16.3. The van der Waals surface area contributed by atoms with Gasteiger partial charge < -0.3 is 11.1 Å². The normalized spacial score (nSPS) is 12.2. The van der Waals surface area contributed by atoms with Gasteiger partial charge in [-0.15, -0.1) is 0 Å². The highest BCUT2D eigenvalue weighted by Gasteiger charge is 2.12. The largest absolute Gasteiger partial charge is 0.390 e. The molecule has 31 heavy (non-hydrogen) atoms. The van der Waals surface area contributed by atoms with Crippen LogP contribution in [0.5, 0.6) is 0 Å². The van der Waals surface area contributed by atoms with Crippen LogP contribution >= 0.6 is 0 Å². The summed E-state index contributed by atoms with van der Waals surface area (Å²) in [6.45, 7) is 2.10. The van der Waals surface area contributed by atoms with Crippen LogP contribution in [0.4, 0.5) is 23.0 Å². The predicted octanol–water partition coefficient (Wildman–Crippen LogP) is 4.45. The highest BCUT2D eigenvalue weighted by atomic mass is 16.6. The van der Waals surface area contributed by atoms with Gasteiger partial charge in [0.1, 0.15) is 12.1 Å². The van der Waals surface area contributed by atoms with Crippen molar-refractivity contribution >= 4 is 40.3 Å². The molecular formula is C22H19N7O2. The number of hydrogen-bond donors (Lipinski definition) is 2. The van der Waals surface area contributed by atoms with E-state index in [-0.39, 0.29) is 11.6 Å². The molecule has 0 radical (unpaired) electrons. The third-order valence-corrected chi connectivity index (χ3v) is 4.98. The molecule has 0 amide bonds. The van der Waals surface area contributed by atoms with Crippen LogP contribution in [0.1, 0.15) is 24.0 Å². The molecule has 2 heterocycles. The maximum absolute atomic E-state index is 11.1. The number of anilines is 2. The lowest BCUT2D eigenvalue weighted by atomic mass is 9.93. The van der Waals surface area contributed by atoms with Gasteiger partial charge in [-0.05, 0) is 41.5 Å². The van der Waals surface area contributed by atoms with Crippen LogP contribution in [0, 0.1) is 10.1 Å². The molecule has 0 bridgehead atoms. The standard InChI is InChI=1S/C22H19N7O2/c1-14(16-8-9-24-21(10-16)25-12-23)15-2-4-17(5-3-15)28-22-19-11-18(29(30)31)6-7-20(19)26-13-27-22/h2-14H,1H3,(H2,23,24,25)(H,26,27,28). The van der Waals surface area contributed by atoms with Crippen LogP contribution in [0.2, 0.25) is 0 Å². The predicted molar refractivity (Wildman–Crippen MR) is 120 cm³/mol. The number of nitrogens with one attached hydrogen (secondary N) is 1. The lowest BCUT2D eigenvalue weighted by Gasteiger charge is -2.14. The molecule has 9 nitrogen and oxygen atoms in total. The van der Waals surface area contributed by atoms with Crippen molar-refractivity contribution in [3.8, 4) is 0 Å². The molecule has 4 aromatic rings. The van der Waals surface area contributed by atoms with Crippen LogP contribution < -0.4 is 11.1 Å². The van der Waals surface area contributed by atoms with Gasteiger partial charge in [0.15, 0.2) is 5.82 Å². The first kappa shape index (κ1) is 19.9. The Balaban J connectivity index is 1.58. The fourth-order valence-electron chi connectivity index (χ4n) is 3.29. The number of rotatable bonds is 6. The van der Waals surface area contributed by atoms with E-state index in [0.29, 0.717) is 22.5 Å². The van der Waals surface area contributed by atoms with E-state index >= 15 is 0 Å². The molecule has 2 aromatic carbocycles. The lowest BCUT2D eigenvalue weighted by Crippen LogP contribution is -1.99. The van der Waals surface area contributed by atoms with Gasteiger partial charge in [-0.25, -0.2) is 19.9 Å². The van der Waals surface area contributed by atoms with Crippen molar-refractivity contribution in [3.05, 3.63) is 88.4 Å². The van der Waals surface area contributed by atoms with Gasteiger partial charge in [0.05, 0.1) is 16.8 Å². The fraction of sp³-hybridized carbons (Fsp3) is 0.0909. The Labute approximate surface area is 177 Å². The molecule has 0 spiro atoms. The SMILES string of the molecule is CC(c1ccc(Nc2ncnc3ccc([N+](=O)[O-])cc23)cc1)c1ccnc(N=CN)c1. The summed E-state index contributed by atoms with van der Waals surface area (Å²) >= 11 is 0. The average Bonchev–Trinajstić information content (AvgIpc) is 2.79. The Morgan fingerprint density at radius 3 is 2.61 bits per heavy atom. The van der Waals surface area contributed by atoms with Gasteiger partial charge in [-0.1, -0.05) is 19.1 Å². The minimum absolute atomic E-state index is 0.00906. The van der Waals surface area contributed by atoms with Gasteiger partial charge in [-0.2, -0.15) is 0 Å². The van der Waals surface area contributed by atoms with E-state index in [1.54, 1.807) is 12.3 Å². The number of nitro groups is 1. The zero-order valence-corrected chi connectivity index (χ0v) is 16.6. The number of non-ortho nitro benzene ring substituents is 1. The zero-order valence-electron chi connectivity index (χ0n) is 16.6. The summed E-state index contributed by atoms with van der Waals surface area (Å²) < 4.78 is 0. The van der Waals surface area contributed by atoms with E-state index in [4.69, 9.17) is 5.73 Å². The third-order valence-electron chi connectivity index (χ3n) is 4.98. The van der Waals surface area contributed by atoms with Crippen molar-refractivity contribution in [2.75, 3.05) is 5.32 Å². The molecule has 1 atom stereocenters. The van der Waals surface area contributed by atoms with Gasteiger partial charge in [0.25, 0.3) is 5.69 Å². The number of nitro benzene ring substituents is 1. The van der Waals surface area contributed by atoms with Crippen LogP contribution in [0.3, 0.4) is 0 Å². The highest BCUT2D eigenvalue weighted by molar-refractivity contribution is 5.92. The second kappa shape index (κ2) is 8.54. The Morgan fingerprint density at radius 1 is 1.06 bits per heavy atom. The zero-order chi connectivity index (χ0) is 21.8. The smallest absolute Gasteiger partial charge is 0.270 e. The molecule has 2 aromatic heterocycles. The van der Waals surface area contributed by atoms with E-state index in [1.165, 1.54) is 24.8 Å². The molecule has 0 aliphatic heterocycles. The molecule has 154 valence electrons. The number of nitrogens with zero attached hydrogens (tertiary/aromatic N) is 5. The number of pyridine rings is 1. The molecule has 0 aliphatic rings. The van der Waals surface area contributed by atoms with Gasteiger partial charge in [-0.3, -0.25) is 10.1 Å². The average molecular weight is 413 g/mol. The summed E-state index contributed by atoms with van der Waals surface area (Å²) in [5, 5.41) is 14.9. The van der Waals surface area contributed by atoms with Crippen molar-refractivity contribution in [2.45, 2.75) is 12.8 Å². The number of aliphatic imine (C=N–C) groups is 1. The maximum atomic E-state index is 11.1. The quantitative estimate of drug-likeness (QED) is 0.206. The van der Waals surface area contributed by atoms with Crippen molar-refractivity contribution in [1.29, 1.82) is 0 Å². The van der Waals surface area contributed by atoms with E-state index < -0.39 is 4.92 Å². The molecule has 0 fully saturated rings. The molecule has 0 saturated heterocycles. The van der Waals surface area contributed by atoms with E-state index in [9.17, 15) is 10.1 Å². The van der Waals surface area contributed by atoms with Crippen molar-refractivity contribution in [2.24, 2.45) is 10.7 Å². The first-order valence-corrected chi connectivity index (χ1v) is 9.51. The molecule has 1 unspecified atom stereocenters. The summed E-state index contributed by atoms with van der Waals surface area (Å²) in [6.07, 6.45) is 4.37. The molecule has 3 N–H and O–H groups in total. The van der Waals surface area contributed by atoms with E-state index in [0.717, 1.165) is 16.8 Å². The van der Waals surface area contributed by atoms with Gasteiger partial charge in [0, 0.05) is 35.3 Å². The Kier molecular flexibility index (Phi) is 5.48. The summed E-state index contributed by atoms with van der Waals surface area (Å²) in [4.78, 5) is 27.3. The summed E-state index contributed by atoms with van der Waals surface area (Å²) in [5.74, 6) is 1.20. The number of hydrogen-bond acceptors (Lipinski definition) is 7. The van der Waals surface area contributed by atoms with E-state index in [1.807, 2.05) is 36.4 Å². The number of fused-ring (bicyclic) bond motifs is 1. The fourth-order valence-corrected chi connectivity index (χ4v) is 3.29. The monoisotopic (exact) mass is 413 g/mol. The first-order chi connectivity index (χ1) is 15.0. The van der Waals surface area contributed by atoms with E-state index in [2.05, 4.69) is 32.2 Å². The topological polar surface area (TPSA) is 132 Å². The van der Waals surface area contributed by atoms with Crippen LogP contribution in [-0.2, 0) is 0 Å². The Morgan fingerprint density at radius 2 is 1.87 bits per heavy atom. The minimum atomic E-state index is -0.435. The maximum Gasteiger partial charge on any atom is 0.270 e.